The molecule has 1 aromatic carbocycles. The van der Waals surface area contributed by atoms with E-state index in [0.717, 1.165) is 10.0 Å². The SMILES string of the molecule is Nc1nc(=O)n(Cc2ccc(Cl)cc2)c2cc(Br)cnc12. The van der Waals surface area contributed by atoms with Crippen molar-refractivity contribution in [2.24, 2.45) is 0 Å². The van der Waals surface area contributed by atoms with E-state index in [-0.39, 0.29) is 5.82 Å². The Hall–Kier alpha value is -1.92. The molecule has 0 aliphatic rings. The van der Waals surface area contributed by atoms with E-state index in [2.05, 4.69) is 25.9 Å². The van der Waals surface area contributed by atoms with Crippen molar-refractivity contribution in [3.8, 4) is 0 Å². The summed E-state index contributed by atoms with van der Waals surface area (Å²) in [6.07, 6.45) is 1.62. The number of pyridine rings is 1. The molecule has 2 heterocycles. The van der Waals surface area contributed by atoms with Crippen molar-refractivity contribution in [2.75, 3.05) is 5.73 Å². The Morgan fingerprint density at radius 2 is 2.00 bits per heavy atom. The zero-order valence-electron chi connectivity index (χ0n) is 10.8. The molecule has 7 heteroatoms. The van der Waals surface area contributed by atoms with Gasteiger partial charge in [-0.2, -0.15) is 4.98 Å². The van der Waals surface area contributed by atoms with Gasteiger partial charge in [-0.15, -0.1) is 0 Å². The van der Waals surface area contributed by atoms with Gasteiger partial charge in [0.05, 0.1) is 12.1 Å². The second-order valence-corrected chi connectivity index (χ2v) is 5.87. The van der Waals surface area contributed by atoms with E-state index in [1.165, 1.54) is 4.57 Å². The van der Waals surface area contributed by atoms with Crippen LogP contribution in [0.15, 0.2) is 45.8 Å². The molecule has 0 aliphatic heterocycles. The van der Waals surface area contributed by atoms with Crippen LogP contribution in [0.5, 0.6) is 0 Å². The molecule has 0 saturated carbocycles. The van der Waals surface area contributed by atoms with Gasteiger partial charge in [-0.25, -0.2) is 9.78 Å². The van der Waals surface area contributed by atoms with Gasteiger partial charge in [0.2, 0.25) is 0 Å². The van der Waals surface area contributed by atoms with Crippen LogP contribution in [0.3, 0.4) is 0 Å². The molecule has 0 atom stereocenters. The monoisotopic (exact) mass is 364 g/mol. The van der Waals surface area contributed by atoms with E-state index in [1.54, 1.807) is 24.4 Å². The zero-order chi connectivity index (χ0) is 15.0. The van der Waals surface area contributed by atoms with Crippen LogP contribution in [-0.2, 0) is 6.54 Å². The molecule has 0 spiro atoms. The quantitative estimate of drug-likeness (QED) is 0.758. The van der Waals surface area contributed by atoms with Gasteiger partial charge in [0.15, 0.2) is 5.82 Å². The normalized spacial score (nSPS) is 11.0. The molecule has 21 heavy (non-hydrogen) atoms. The molecule has 0 fully saturated rings. The van der Waals surface area contributed by atoms with Crippen molar-refractivity contribution in [1.29, 1.82) is 0 Å². The topological polar surface area (TPSA) is 73.8 Å². The van der Waals surface area contributed by atoms with Crippen molar-refractivity contribution in [2.45, 2.75) is 6.54 Å². The highest BCUT2D eigenvalue weighted by atomic mass is 79.9. The number of nitrogens with zero attached hydrogens (tertiary/aromatic N) is 3. The first-order valence-corrected chi connectivity index (χ1v) is 7.28. The largest absolute Gasteiger partial charge is 0.382 e. The number of rotatable bonds is 2. The summed E-state index contributed by atoms with van der Waals surface area (Å²) in [5.74, 6) is 0.134. The number of anilines is 1. The van der Waals surface area contributed by atoms with Crippen LogP contribution in [0.4, 0.5) is 5.82 Å². The van der Waals surface area contributed by atoms with Gasteiger partial charge in [0.1, 0.15) is 5.52 Å². The van der Waals surface area contributed by atoms with Crippen LogP contribution in [0.2, 0.25) is 5.02 Å². The van der Waals surface area contributed by atoms with Crippen molar-refractivity contribution in [3.05, 3.63) is 62.1 Å². The summed E-state index contributed by atoms with van der Waals surface area (Å²) in [4.78, 5) is 20.2. The smallest absolute Gasteiger partial charge is 0.350 e. The Bertz CT molecular complexity index is 877. The number of fused-ring (bicyclic) bond motifs is 1. The van der Waals surface area contributed by atoms with E-state index in [9.17, 15) is 4.79 Å². The minimum atomic E-state index is -0.408. The second kappa shape index (κ2) is 5.46. The van der Waals surface area contributed by atoms with Crippen LogP contribution >= 0.6 is 27.5 Å². The van der Waals surface area contributed by atoms with Crippen molar-refractivity contribution >= 4 is 44.4 Å². The molecule has 3 aromatic rings. The zero-order valence-corrected chi connectivity index (χ0v) is 13.1. The van der Waals surface area contributed by atoms with Gasteiger partial charge >= 0.3 is 5.69 Å². The number of aromatic nitrogens is 3. The Morgan fingerprint density at radius 1 is 1.29 bits per heavy atom. The minimum Gasteiger partial charge on any atom is -0.382 e. The number of halogens is 2. The molecule has 0 amide bonds. The van der Waals surface area contributed by atoms with E-state index in [0.29, 0.717) is 22.6 Å². The highest BCUT2D eigenvalue weighted by Gasteiger charge is 2.10. The van der Waals surface area contributed by atoms with Gasteiger partial charge in [0, 0.05) is 15.7 Å². The van der Waals surface area contributed by atoms with E-state index < -0.39 is 5.69 Å². The molecule has 0 saturated heterocycles. The Labute approximate surface area is 133 Å². The third-order valence-electron chi connectivity index (χ3n) is 3.07. The number of hydrogen-bond donors (Lipinski definition) is 1. The van der Waals surface area contributed by atoms with Gasteiger partial charge in [-0.05, 0) is 39.7 Å². The average molecular weight is 366 g/mol. The molecular weight excluding hydrogens is 356 g/mol. The number of nitrogen functional groups attached to an aromatic ring is 1. The summed E-state index contributed by atoms with van der Waals surface area (Å²) in [7, 11) is 0. The molecule has 2 N–H and O–H groups in total. The molecule has 0 unspecified atom stereocenters. The molecule has 0 radical (unpaired) electrons. The molecule has 0 bridgehead atoms. The minimum absolute atomic E-state index is 0.134. The Balaban J connectivity index is 2.19. The Morgan fingerprint density at radius 3 is 2.71 bits per heavy atom. The summed E-state index contributed by atoms with van der Waals surface area (Å²) in [6, 6.07) is 9.09. The van der Waals surface area contributed by atoms with E-state index in [1.807, 2.05) is 12.1 Å². The number of nitrogens with two attached hydrogens (primary N) is 1. The lowest BCUT2D eigenvalue weighted by Gasteiger charge is -2.10. The summed E-state index contributed by atoms with van der Waals surface area (Å²) in [5, 5.41) is 0.649. The molecule has 106 valence electrons. The van der Waals surface area contributed by atoms with Crippen molar-refractivity contribution < 1.29 is 0 Å². The lowest BCUT2D eigenvalue weighted by atomic mass is 10.2. The van der Waals surface area contributed by atoms with E-state index in [4.69, 9.17) is 17.3 Å². The van der Waals surface area contributed by atoms with E-state index >= 15 is 0 Å². The fraction of sp³-hybridized carbons (Fsp3) is 0.0714. The van der Waals surface area contributed by atoms with Gasteiger partial charge in [-0.3, -0.25) is 4.57 Å². The van der Waals surface area contributed by atoms with Crippen LogP contribution in [0.25, 0.3) is 11.0 Å². The predicted octanol–water partition coefficient (Wildman–Crippen LogP) is 2.84. The maximum absolute atomic E-state index is 12.1. The summed E-state index contributed by atoms with van der Waals surface area (Å²) in [6.45, 7) is 0.373. The van der Waals surface area contributed by atoms with Crippen LogP contribution < -0.4 is 11.4 Å². The van der Waals surface area contributed by atoms with Crippen molar-refractivity contribution in [1.82, 2.24) is 14.5 Å². The van der Waals surface area contributed by atoms with Gasteiger partial charge in [-0.1, -0.05) is 23.7 Å². The van der Waals surface area contributed by atoms with Gasteiger partial charge in [0.25, 0.3) is 0 Å². The van der Waals surface area contributed by atoms with Crippen LogP contribution in [0, 0.1) is 0 Å². The third kappa shape index (κ3) is 2.77. The Kier molecular flexibility index (Phi) is 3.65. The van der Waals surface area contributed by atoms with Gasteiger partial charge < -0.3 is 5.73 Å². The first-order valence-electron chi connectivity index (χ1n) is 6.10. The van der Waals surface area contributed by atoms with Crippen molar-refractivity contribution in [3.63, 3.8) is 0 Å². The van der Waals surface area contributed by atoms with Crippen LogP contribution in [0.1, 0.15) is 5.56 Å². The molecule has 0 aliphatic carbocycles. The fourth-order valence-electron chi connectivity index (χ4n) is 2.08. The standard InChI is InChI=1S/C14H10BrClN4O/c15-9-5-11-12(18-6-9)13(17)19-14(21)20(11)7-8-1-3-10(16)4-2-8/h1-6H,7H2,(H2,17,19,21). The first-order chi connectivity index (χ1) is 10.0. The highest BCUT2D eigenvalue weighted by Crippen LogP contribution is 2.20. The number of hydrogen-bond acceptors (Lipinski definition) is 4. The fourth-order valence-corrected chi connectivity index (χ4v) is 2.52. The highest BCUT2D eigenvalue weighted by molar-refractivity contribution is 9.10. The average Bonchev–Trinajstić information content (AvgIpc) is 2.45. The van der Waals surface area contributed by atoms with Crippen LogP contribution in [-0.4, -0.2) is 14.5 Å². The summed E-state index contributed by atoms with van der Waals surface area (Å²) < 4.78 is 2.30. The molecule has 3 rings (SSSR count). The lowest BCUT2D eigenvalue weighted by Crippen LogP contribution is -2.25. The molecule has 2 aromatic heterocycles. The second-order valence-electron chi connectivity index (χ2n) is 4.51. The summed E-state index contributed by atoms with van der Waals surface area (Å²) >= 11 is 9.22. The predicted molar refractivity (Wildman–Crippen MR) is 86.5 cm³/mol. The number of benzene rings is 1. The lowest BCUT2D eigenvalue weighted by molar-refractivity contribution is 0.762. The maximum Gasteiger partial charge on any atom is 0.350 e. The molecular formula is C14H10BrClN4O. The maximum atomic E-state index is 12.1. The third-order valence-corrected chi connectivity index (χ3v) is 3.75. The summed E-state index contributed by atoms with van der Waals surface area (Å²) in [5.41, 5.74) is 7.44. The first kappa shape index (κ1) is 14.0. The molecule has 5 nitrogen and oxygen atoms in total.